The van der Waals surface area contributed by atoms with Crippen molar-refractivity contribution in [2.24, 2.45) is 0 Å². The molecule has 1 amide bonds. The fraction of sp³-hybridized carbons (Fsp3) is 0.538. The summed E-state index contributed by atoms with van der Waals surface area (Å²) < 4.78 is 6.31. The van der Waals surface area contributed by atoms with Crippen LogP contribution in [0.5, 0.6) is 0 Å². The van der Waals surface area contributed by atoms with Gasteiger partial charge in [0.05, 0.1) is 12.2 Å². The third-order valence-electron chi connectivity index (χ3n) is 3.38. The van der Waals surface area contributed by atoms with Crippen molar-refractivity contribution in [1.29, 1.82) is 0 Å². The second-order valence-electron chi connectivity index (χ2n) is 4.73. The van der Waals surface area contributed by atoms with Crippen molar-refractivity contribution in [1.82, 2.24) is 25.4 Å². The number of carbonyl (C=O) groups excluding carboxylic acids is 1. The van der Waals surface area contributed by atoms with Gasteiger partial charge in [-0.3, -0.25) is 9.48 Å². The van der Waals surface area contributed by atoms with E-state index in [0.717, 1.165) is 17.8 Å². The van der Waals surface area contributed by atoms with Gasteiger partial charge in [-0.1, -0.05) is 17.2 Å². The molecule has 0 radical (unpaired) electrons. The quantitative estimate of drug-likeness (QED) is 0.883. The first kappa shape index (κ1) is 14.2. The largest absolute Gasteiger partial charge is 0.349 e. The molecule has 0 bridgehead atoms. The molecular formula is C13H19N5O2. The van der Waals surface area contributed by atoms with E-state index in [4.69, 9.17) is 0 Å². The van der Waals surface area contributed by atoms with Gasteiger partial charge in [-0.15, -0.1) is 0 Å². The molecule has 0 spiro atoms. The highest BCUT2D eigenvalue weighted by molar-refractivity contribution is 5.75. The van der Waals surface area contributed by atoms with Crippen LogP contribution in [0.25, 0.3) is 0 Å². The molecular weight excluding hydrogens is 258 g/mol. The molecule has 0 fully saturated rings. The number of aromatic nitrogens is 4. The summed E-state index contributed by atoms with van der Waals surface area (Å²) in [5.41, 5.74) is 4.55. The van der Waals surface area contributed by atoms with Gasteiger partial charge in [-0.2, -0.15) is 5.10 Å². The second kappa shape index (κ2) is 5.85. The van der Waals surface area contributed by atoms with E-state index in [0.29, 0.717) is 17.9 Å². The van der Waals surface area contributed by atoms with Crippen molar-refractivity contribution in [2.45, 2.75) is 47.2 Å². The maximum atomic E-state index is 11.9. The molecule has 1 N–H and O–H groups in total. The standard InChI is InChI=1S/C13H19N5O2/c1-5-11-8(2)15-18(10(11)4)7-13(19)14-6-12-9(3)16-20-17-12/h5-7H2,1-4H3,(H,14,19). The predicted molar refractivity (Wildman–Crippen MR) is 72.0 cm³/mol. The van der Waals surface area contributed by atoms with E-state index < -0.39 is 0 Å². The van der Waals surface area contributed by atoms with Gasteiger partial charge in [0.25, 0.3) is 0 Å². The summed E-state index contributed by atoms with van der Waals surface area (Å²) in [5.74, 6) is -0.111. The topological polar surface area (TPSA) is 85.8 Å². The zero-order valence-electron chi connectivity index (χ0n) is 12.2. The highest BCUT2D eigenvalue weighted by Crippen LogP contribution is 2.13. The van der Waals surface area contributed by atoms with E-state index in [1.54, 1.807) is 11.6 Å². The van der Waals surface area contributed by atoms with Crippen LogP contribution in [0.3, 0.4) is 0 Å². The summed E-state index contributed by atoms with van der Waals surface area (Å²) in [6, 6.07) is 0. The lowest BCUT2D eigenvalue weighted by atomic mass is 10.1. The molecule has 7 nitrogen and oxygen atoms in total. The first-order valence-corrected chi connectivity index (χ1v) is 6.60. The Hall–Kier alpha value is -2.18. The minimum Gasteiger partial charge on any atom is -0.349 e. The maximum absolute atomic E-state index is 11.9. The van der Waals surface area contributed by atoms with Crippen molar-refractivity contribution >= 4 is 5.91 Å². The molecule has 0 aromatic carbocycles. The third-order valence-corrected chi connectivity index (χ3v) is 3.38. The van der Waals surface area contributed by atoms with Crippen LogP contribution in [0.1, 0.15) is 35.3 Å². The van der Waals surface area contributed by atoms with Gasteiger partial charge in [-0.05, 0) is 32.8 Å². The number of hydrogen-bond acceptors (Lipinski definition) is 5. The molecule has 7 heteroatoms. The third kappa shape index (κ3) is 2.87. The molecule has 0 aliphatic heterocycles. The lowest BCUT2D eigenvalue weighted by Crippen LogP contribution is -2.28. The van der Waals surface area contributed by atoms with Gasteiger partial charge in [0.15, 0.2) is 0 Å². The number of nitrogens with zero attached hydrogens (tertiary/aromatic N) is 4. The van der Waals surface area contributed by atoms with E-state index in [2.05, 4.69) is 32.3 Å². The summed E-state index contributed by atoms with van der Waals surface area (Å²) in [6.45, 7) is 8.34. The van der Waals surface area contributed by atoms with Crippen LogP contribution in [0.15, 0.2) is 4.63 Å². The van der Waals surface area contributed by atoms with Crippen LogP contribution in [-0.4, -0.2) is 26.0 Å². The zero-order valence-corrected chi connectivity index (χ0v) is 12.2. The number of carbonyl (C=O) groups is 1. The van der Waals surface area contributed by atoms with Crippen LogP contribution in [0.2, 0.25) is 0 Å². The van der Waals surface area contributed by atoms with Crippen molar-refractivity contribution in [3.63, 3.8) is 0 Å². The number of aryl methyl sites for hydroxylation is 2. The maximum Gasteiger partial charge on any atom is 0.242 e. The lowest BCUT2D eigenvalue weighted by molar-refractivity contribution is -0.122. The highest BCUT2D eigenvalue weighted by atomic mass is 16.6. The monoisotopic (exact) mass is 277 g/mol. The fourth-order valence-electron chi connectivity index (χ4n) is 2.18. The van der Waals surface area contributed by atoms with E-state index in [1.807, 2.05) is 13.8 Å². The summed E-state index contributed by atoms with van der Waals surface area (Å²) >= 11 is 0. The molecule has 0 aliphatic rings. The molecule has 0 atom stereocenters. The van der Waals surface area contributed by atoms with Crippen LogP contribution in [0, 0.1) is 20.8 Å². The predicted octanol–water partition coefficient (Wildman–Crippen LogP) is 1.07. The molecule has 2 heterocycles. The Morgan fingerprint density at radius 2 is 2.00 bits per heavy atom. The van der Waals surface area contributed by atoms with Gasteiger partial charge in [-0.25, -0.2) is 4.63 Å². The second-order valence-corrected chi connectivity index (χ2v) is 4.73. The molecule has 2 aromatic heterocycles. The van der Waals surface area contributed by atoms with Crippen LogP contribution in [-0.2, 0) is 24.3 Å². The number of nitrogens with one attached hydrogen (secondary N) is 1. The first-order valence-electron chi connectivity index (χ1n) is 6.60. The van der Waals surface area contributed by atoms with Crippen LogP contribution >= 0.6 is 0 Å². The Labute approximate surface area is 117 Å². The van der Waals surface area contributed by atoms with E-state index in [-0.39, 0.29) is 12.5 Å². The van der Waals surface area contributed by atoms with Crippen molar-refractivity contribution in [3.8, 4) is 0 Å². The Kier molecular flexibility index (Phi) is 4.16. The SMILES string of the molecule is CCc1c(C)nn(CC(=O)NCc2nonc2C)c1C. The average Bonchev–Trinajstić information content (AvgIpc) is 2.92. The molecule has 0 saturated heterocycles. The average molecular weight is 277 g/mol. The lowest BCUT2D eigenvalue weighted by Gasteiger charge is -2.06. The summed E-state index contributed by atoms with van der Waals surface area (Å²) in [7, 11) is 0. The number of hydrogen-bond donors (Lipinski definition) is 1. The van der Waals surface area contributed by atoms with Crippen molar-refractivity contribution in [3.05, 3.63) is 28.3 Å². The molecule has 0 aliphatic carbocycles. The molecule has 2 rings (SSSR count). The van der Waals surface area contributed by atoms with Crippen LogP contribution < -0.4 is 5.32 Å². The van der Waals surface area contributed by atoms with Gasteiger partial charge < -0.3 is 5.32 Å². The molecule has 0 unspecified atom stereocenters. The zero-order chi connectivity index (χ0) is 14.7. The number of amides is 1. The Bertz CT molecular complexity index is 614. The molecule has 20 heavy (non-hydrogen) atoms. The summed E-state index contributed by atoms with van der Waals surface area (Å²) in [5, 5.41) is 14.6. The Balaban J connectivity index is 1.97. The first-order chi connectivity index (χ1) is 9.52. The smallest absolute Gasteiger partial charge is 0.242 e. The normalized spacial score (nSPS) is 10.8. The number of rotatable bonds is 5. The highest BCUT2D eigenvalue weighted by Gasteiger charge is 2.13. The van der Waals surface area contributed by atoms with E-state index in [1.165, 1.54) is 5.56 Å². The van der Waals surface area contributed by atoms with Gasteiger partial charge in [0.2, 0.25) is 5.91 Å². The Morgan fingerprint density at radius 3 is 2.55 bits per heavy atom. The molecule has 0 saturated carbocycles. The van der Waals surface area contributed by atoms with E-state index in [9.17, 15) is 4.79 Å². The summed E-state index contributed by atoms with van der Waals surface area (Å²) in [6.07, 6.45) is 0.920. The van der Waals surface area contributed by atoms with E-state index >= 15 is 0 Å². The summed E-state index contributed by atoms with van der Waals surface area (Å²) in [4.78, 5) is 11.9. The van der Waals surface area contributed by atoms with Crippen molar-refractivity contribution < 1.29 is 9.42 Å². The van der Waals surface area contributed by atoms with Crippen molar-refractivity contribution in [2.75, 3.05) is 0 Å². The molecule has 108 valence electrons. The Morgan fingerprint density at radius 1 is 1.25 bits per heavy atom. The fourth-order valence-corrected chi connectivity index (χ4v) is 2.18. The van der Waals surface area contributed by atoms with Gasteiger partial charge in [0, 0.05) is 5.69 Å². The van der Waals surface area contributed by atoms with Gasteiger partial charge >= 0.3 is 0 Å². The van der Waals surface area contributed by atoms with Crippen LogP contribution in [0.4, 0.5) is 0 Å². The minimum atomic E-state index is -0.111. The minimum absolute atomic E-state index is 0.111. The molecule has 2 aromatic rings. The van der Waals surface area contributed by atoms with Gasteiger partial charge in [0.1, 0.15) is 17.9 Å².